The highest BCUT2D eigenvalue weighted by Crippen LogP contribution is 2.38. The Labute approximate surface area is 170 Å². The van der Waals surface area contributed by atoms with Crippen LogP contribution in [-0.2, 0) is 0 Å². The Morgan fingerprint density at radius 2 is 1.72 bits per heavy atom. The number of hydrogen-bond donors (Lipinski definition) is 0. The molecule has 29 heavy (non-hydrogen) atoms. The first-order chi connectivity index (χ1) is 14.0. The highest BCUT2D eigenvalue weighted by Gasteiger charge is 2.25. The molecule has 2 aromatic carbocycles. The first-order valence-electron chi connectivity index (χ1n) is 10.2. The minimum atomic E-state index is -0.953. The van der Waals surface area contributed by atoms with Gasteiger partial charge in [0.05, 0.1) is 13.2 Å². The molecule has 3 rings (SSSR count). The lowest BCUT2D eigenvalue weighted by atomic mass is 9.79. The molecule has 5 heteroatoms. The Kier molecular flexibility index (Phi) is 7.24. The van der Waals surface area contributed by atoms with Gasteiger partial charge >= 0.3 is 0 Å². The van der Waals surface area contributed by atoms with E-state index in [1.165, 1.54) is 24.3 Å². The molecule has 1 aliphatic rings. The molecule has 0 aromatic heterocycles. The number of halogens is 3. The molecular weight excluding hydrogens is 377 g/mol. The number of rotatable bonds is 7. The van der Waals surface area contributed by atoms with Crippen LogP contribution in [0.4, 0.5) is 13.2 Å². The third-order valence-electron chi connectivity index (χ3n) is 5.47. The summed E-state index contributed by atoms with van der Waals surface area (Å²) in [6.07, 6.45) is 6.58. The number of hydrogen-bond acceptors (Lipinski definition) is 2. The average Bonchev–Trinajstić information content (AvgIpc) is 2.72. The van der Waals surface area contributed by atoms with Crippen molar-refractivity contribution in [3.8, 4) is 11.5 Å². The monoisotopic (exact) mass is 404 g/mol. The van der Waals surface area contributed by atoms with Crippen molar-refractivity contribution < 1.29 is 22.6 Å². The predicted molar refractivity (Wildman–Crippen MR) is 109 cm³/mol. The van der Waals surface area contributed by atoms with Crippen molar-refractivity contribution in [3.05, 3.63) is 65.0 Å². The highest BCUT2D eigenvalue weighted by molar-refractivity contribution is 5.51. The topological polar surface area (TPSA) is 18.5 Å². The maximum Gasteiger partial charge on any atom is 0.201 e. The van der Waals surface area contributed by atoms with Gasteiger partial charge in [0.15, 0.2) is 11.6 Å². The molecule has 0 radical (unpaired) electrons. The zero-order valence-corrected chi connectivity index (χ0v) is 16.9. The molecule has 0 heterocycles. The van der Waals surface area contributed by atoms with Crippen LogP contribution in [-0.4, -0.2) is 13.2 Å². The second-order valence-electron chi connectivity index (χ2n) is 7.43. The van der Waals surface area contributed by atoms with Crippen molar-refractivity contribution in [2.24, 2.45) is 5.92 Å². The fourth-order valence-electron chi connectivity index (χ4n) is 3.91. The lowest BCUT2D eigenvalue weighted by molar-refractivity contribution is 0.192. The minimum Gasteiger partial charge on any atom is -0.494 e. The average molecular weight is 404 g/mol. The predicted octanol–water partition coefficient (Wildman–Crippen LogP) is 6.89. The Hall–Kier alpha value is -2.43. The molecule has 0 amide bonds. The summed E-state index contributed by atoms with van der Waals surface area (Å²) in [7, 11) is 0. The summed E-state index contributed by atoms with van der Waals surface area (Å²) >= 11 is 0. The van der Waals surface area contributed by atoms with E-state index >= 15 is 0 Å². The number of ether oxygens (including phenoxy) is 2. The van der Waals surface area contributed by atoms with Crippen LogP contribution in [0.3, 0.4) is 0 Å². The van der Waals surface area contributed by atoms with E-state index in [0.29, 0.717) is 19.0 Å². The van der Waals surface area contributed by atoms with Crippen LogP contribution in [0.1, 0.15) is 56.6 Å². The van der Waals surface area contributed by atoms with E-state index in [2.05, 4.69) is 0 Å². The summed E-state index contributed by atoms with van der Waals surface area (Å²) in [5.74, 6) is -1.18. The zero-order valence-electron chi connectivity index (χ0n) is 16.9. The van der Waals surface area contributed by atoms with Gasteiger partial charge in [-0.25, -0.2) is 8.78 Å². The van der Waals surface area contributed by atoms with E-state index < -0.39 is 11.6 Å². The van der Waals surface area contributed by atoms with Crippen molar-refractivity contribution in [1.29, 1.82) is 0 Å². The van der Waals surface area contributed by atoms with Gasteiger partial charge in [-0.2, -0.15) is 4.39 Å². The van der Waals surface area contributed by atoms with Crippen molar-refractivity contribution in [1.82, 2.24) is 0 Å². The Bertz CT molecular complexity index is 855. The lowest BCUT2D eigenvalue weighted by Gasteiger charge is -2.29. The molecular formula is C24H27F3O2. The van der Waals surface area contributed by atoms with Crippen LogP contribution in [0.25, 0.3) is 6.08 Å². The van der Waals surface area contributed by atoms with Crippen LogP contribution in [0.15, 0.2) is 36.4 Å². The third-order valence-corrected chi connectivity index (χ3v) is 5.47. The van der Waals surface area contributed by atoms with Crippen molar-refractivity contribution in [2.75, 3.05) is 13.2 Å². The molecule has 156 valence electrons. The van der Waals surface area contributed by atoms with Gasteiger partial charge in [0.1, 0.15) is 11.6 Å². The van der Waals surface area contributed by atoms with E-state index in [1.807, 2.05) is 19.1 Å². The molecule has 1 aliphatic carbocycles. The summed E-state index contributed by atoms with van der Waals surface area (Å²) in [6.45, 7) is 4.45. The van der Waals surface area contributed by atoms with Crippen LogP contribution >= 0.6 is 0 Å². The van der Waals surface area contributed by atoms with Gasteiger partial charge in [0.25, 0.3) is 0 Å². The maximum absolute atomic E-state index is 14.4. The summed E-state index contributed by atoms with van der Waals surface area (Å²) in [6, 6.07) is 8.05. The van der Waals surface area contributed by atoms with Gasteiger partial charge < -0.3 is 9.47 Å². The summed E-state index contributed by atoms with van der Waals surface area (Å²) in [4.78, 5) is 0. The maximum atomic E-state index is 14.4. The molecule has 0 saturated heterocycles. The molecule has 0 atom stereocenters. The van der Waals surface area contributed by atoms with E-state index in [0.717, 1.165) is 31.2 Å². The fourth-order valence-corrected chi connectivity index (χ4v) is 3.91. The normalized spacial score (nSPS) is 19.5. The Balaban J connectivity index is 1.55. The second kappa shape index (κ2) is 9.86. The molecule has 1 saturated carbocycles. The van der Waals surface area contributed by atoms with Crippen LogP contribution in [0.2, 0.25) is 0 Å². The Morgan fingerprint density at radius 3 is 2.38 bits per heavy atom. The molecule has 2 nitrogen and oxygen atoms in total. The molecule has 0 spiro atoms. The molecule has 0 bridgehead atoms. The van der Waals surface area contributed by atoms with Gasteiger partial charge in [-0.15, -0.1) is 0 Å². The third kappa shape index (κ3) is 5.14. The summed E-state index contributed by atoms with van der Waals surface area (Å²) < 4.78 is 53.5. The van der Waals surface area contributed by atoms with Crippen LogP contribution in [0.5, 0.6) is 11.5 Å². The van der Waals surface area contributed by atoms with Crippen LogP contribution < -0.4 is 9.47 Å². The van der Waals surface area contributed by atoms with Crippen molar-refractivity contribution >= 4 is 6.08 Å². The van der Waals surface area contributed by atoms with Crippen molar-refractivity contribution in [3.63, 3.8) is 0 Å². The highest BCUT2D eigenvalue weighted by atomic mass is 19.2. The minimum absolute atomic E-state index is 0.0598. The number of benzene rings is 2. The van der Waals surface area contributed by atoms with E-state index in [4.69, 9.17) is 9.47 Å². The van der Waals surface area contributed by atoms with Crippen LogP contribution in [0, 0.1) is 23.4 Å². The fraction of sp³-hybridized carbons (Fsp3) is 0.417. The van der Waals surface area contributed by atoms with Gasteiger partial charge in [-0.05, 0) is 75.1 Å². The van der Waals surface area contributed by atoms with Gasteiger partial charge in [0.2, 0.25) is 5.82 Å². The van der Waals surface area contributed by atoms with Gasteiger partial charge in [-0.1, -0.05) is 18.2 Å². The molecule has 1 fully saturated rings. The van der Waals surface area contributed by atoms with E-state index in [-0.39, 0.29) is 29.0 Å². The first-order valence-corrected chi connectivity index (χ1v) is 10.2. The first kappa shape index (κ1) is 21.3. The molecule has 0 unspecified atom stereocenters. The zero-order chi connectivity index (χ0) is 20.8. The van der Waals surface area contributed by atoms with E-state index in [1.54, 1.807) is 13.0 Å². The quantitative estimate of drug-likeness (QED) is 0.500. The van der Waals surface area contributed by atoms with Gasteiger partial charge in [0, 0.05) is 11.6 Å². The molecule has 0 aliphatic heterocycles. The molecule has 2 aromatic rings. The van der Waals surface area contributed by atoms with Crippen molar-refractivity contribution in [2.45, 2.75) is 45.4 Å². The SMILES string of the molecule is C/C=C/c1ccc(OCC2CCC(c3ccc(OCC)cc3F)CC2)c(F)c1F. The standard InChI is InChI=1S/C24H27F3O2/c1-3-5-18-10-13-22(24(27)23(18)26)29-15-16-6-8-17(9-7-16)20-12-11-19(28-4-2)14-21(20)25/h3,5,10-14,16-17H,4,6-9,15H2,1-2H3/b5-3+. The summed E-state index contributed by atoms with van der Waals surface area (Å²) in [5, 5.41) is 0. The van der Waals surface area contributed by atoms with Gasteiger partial charge in [-0.3, -0.25) is 0 Å². The smallest absolute Gasteiger partial charge is 0.201 e. The molecule has 0 N–H and O–H groups in total. The largest absolute Gasteiger partial charge is 0.494 e. The number of allylic oxidation sites excluding steroid dienone is 1. The lowest BCUT2D eigenvalue weighted by Crippen LogP contribution is -2.20. The Morgan fingerprint density at radius 1 is 0.966 bits per heavy atom. The van der Waals surface area contributed by atoms with E-state index in [9.17, 15) is 13.2 Å². The summed E-state index contributed by atoms with van der Waals surface area (Å²) in [5.41, 5.74) is 0.927. The second-order valence-corrected chi connectivity index (χ2v) is 7.43.